The minimum absolute atomic E-state index is 0.437. The first kappa shape index (κ1) is 27.3. The van der Waals surface area contributed by atoms with Gasteiger partial charge in [0, 0.05) is 0 Å². The molecule has 0 aliphatic rings. The van der Waals surface area contributed by atoms with E-state index in [2.05, 4.69) is 34.6 Å². The standard InChI is InChI=1S/C12H27O4P.C8H18/c1-4-7-10-14-17(13,15-11-8-5-2)16-12-9-6-3;1-3-5-7-8-6-4-2/h4-12H2,1-3H3;3-8H2,1-2H3. The van der Waals surface area contributed by atoms with Crippen LogP contribution in [-0.4, -0.2) is 19.8 Å². The quantitative estimate of drug-likeness (QED) is 0.190. The molecule has 0 amide bonds. The third-order valence-electron chi connectivity index (χ3n) is 3.70. The van der Waals surface area contributed by atoms with Crippen molar-refractivity contribution < 1.29 is 18.1 Å². The lowest BCUT2D eigenvalue weighted by atomic mass is 10.1. The smallest absolute Gasteiger partial charge is 0.287 e. The summed E-state index contributed by atoms with van der Waals surface area (Å²) in [5.41, 5.74) is 0. The number of unbranched alkanes of at least 4 members (excludes halogenated alkanes) is 8. The summed E-state index contributed by atoms with van der Waals surface area (Å²) >= 11 is 0. The molecule has 0 aliphatic carbocycles. The summed E-state index contributed by atoms with van der Waals surface area (Å²) in [5, 5.41) is 0. The fraction of sp³-hybridized carbons (Fsp3) is 1.00. The first-order valence-electron chi connectivity index (χ1n) is 10.6. The highest BCUT2D eigenvalue weighted by Gasteiger charge is 2.25. The van der Waals surface area contributed by atoms with E-state index < -0.39 is 7.82 Å². The summed E-state index contributed by atoms with van der Waals surface area (Å²) < 4.78 is 28.0. The van der Waals surface area contributed by atoms with Crippen LogP contribution in [0.4, 0.5) is 0 Å². The van der Waals surface area contributed by atoms with Crippen LogP contribution in [0.25, 0.3) is 0 Å². The lowest BCUT2D eigenvalue weighted by Crippen LogP contribution is -2.03. The van der Waals surface area contributed by atoms with Gasteiger partial charge in [-0.3, -0.25) is 13.6 Å². The Morgan fingerprint density at radius 3 is 1.00 bits per heavy atom. The summed E-state index contributed by atoms with van der Waals surface area (Å²) in [4.78, 5) is 0. The predicted molar refractivity (Wildman–Crippen MR) is 109 cm³/mol. The Bertz CT molecular complexity index is 246. The fourth-order valence-electron chi connectivity index (χ4n) is 1.93. The van der Waals surface area contributed by atoms with E-state index in [1.165, 1.54) is 38.5 Å². The molecule has 154 valence electrons. The van der Waals surface area contributed by atoms with E-state index in [-0.39, 0.29) is 0 Å². The molecule has 4 nitrogen and oxygen atoms in total. The van der Waals surface area contributed by atoms with Crippen molar-refractivity contribution in [2.75, 3.05) is 19.8 Å². The molecule has 0 spiro atoms. The van der Waals surface area contributed by atoms with E-state index in [0.717, 1.165) is 38.5 Å². The van der Waals surface area contributed by atoms with Crippen LogP contribution in [0.3, 0.4) is 0 Å². The summed E-state index contributed by atoms with van der Waals surface area (Å²) in [5.74, 6) is 0. The summed E-state index contributed by atoms with van der Waals surface area (Å²) in [6, 6.07) is 0. The zero-order valence-corrected chi connectivity index (χ0v) is 18.6. The van der Waals surface area contributed by atoms with Gasteiger partial charge in [0.1, 0.15) is 0 Å². The molecule has 0 aliphatic heterocycles. The average Bonchev–Trinajstić information content (AvgIpc) is 2.60. The zero-order valence-electron chi connectivity index (χ0n) is 17.7. The van der Waals surface area contributed by atoms with Gasteiger partial charge >= 0.3 is 7.82 Å². The SMILES string of the molecule is CCCCCCCC.CCCCOP(=O)(OCCCC)OCCCC. The van der Waals surface area contributed by atoms with Gasteiger partial charge in [-0.2, -0.15) is 0 Å². The maximum absolute atomic E-state index is 12.2. The van der Waals surface area contributed by atoms with Crippen LogP contribution in [0, 0.1) is 0 Å². The van der Waals surface area contributed by atoms with Crippen LogP contribution in [0.5, 0.6) is 0 Å². The van der Waals surface area contributed by atoms with Crippen LogP contribution in [0.2, 0.25) is 0 Å². The van der Waals surface area contributed by atoms with Crippen LogP contribution in [-0.2, 0) is 18.1 Å². The Balaban J connectivity index is 0. The normalized spacial score (nSPS) is 11.2. The summed E-state index contributed by atoms with van der Waals surface area (Å²) in [7, 11) is -3.31. The monoisotopic (exact) mass is 380 g/mol. The summed E-state index contributed by atoms with van der Waals surface area (Å²) in [6.45, 7) is 12.0. The van der Waals surface area contributed by atoms with Gasteiger partial charge in [-0.05, 0) is 19.3 Å². The highest BCUT2D eigenvalue weighted by molar-refractivity contribution is 7.48. The van der Waals surface area contributed by atoms with Gasteiger partial charge in [0.05, 0.1) is 19.8 Å². The van der Waals surface area contributed by atoms with Gasteiger partial charge in [0.25, 0.3) is 0 Å². The topological polar surface area (TPSA) is 44.8 Å². The van der Waals surface area contributed by atoms with E-state index in [0.29, 0.717) is 19.8 Å². The van der Waals surface area contributed by atoms with E-state index in [4.69, 9.17) is 13.6 Å². The molecule has 0 atom stereocenters. The third kappa shape index (κ3) is 22.1. The molecule has 25 heavy (non-hydrogen) atoms. The molecule has 0 bridgehead atoms. The first-order chi connectivity index (χ1) is 12.1. The average molecular weight is 381 g/mol. The molecule has 0 aromatic heterocycles. The Labute approximate surface area is 158 Å². The lowest BCUT2D eigenvalue weighted by molar-refractivity contribution is 0.110. The van der Waals surface area contributed by atoms with E-state index in [9.17, 15) is 4.57 Å². The highest BCUT2D eigenvalue weighted by atomic mass is 31.2. The Morgan fingerprint density at radius 1 is 0.480 bits per heavy atom. The van der Waals surface area contributed by atoms with Crippen LogP contribution >= 0.6 is 7.82 Å². The number of phosphoric ester groups is 1. The van der Waals surface area contributed by atoms with Gasteiger partial charge < -0.3 is 0 Å². The zero-order chi connectivity index (χ0) is 19.2. The van der Waals surface area contributed by atoms with Crippen molar-refractivity contribution in [2.24, 2.45) is 0 Å². The minimum atomic E-state index is -3.31. The van der Waals surface area contributed by atoms with Crippen molar-refractivity contribution in [3.63, 3.8) is 0 Å². The van der Waals surface area contributed by atoms with Gasteiger partial charge in [-0.1, -0.05) is 92.4 Å². The van der Waals surface area contributed by atoms with Gasteiger partial charge in [0.15, 0.2) is 0 Å². The maximum atomic E-state index is 12.2. The Hall–Kier alpha value is 0.110. The second kappa shape index (κ2) is 22.2. The highest BCUT2D eigenvalue weighted by Crippen LogP contribution is 2.49. The largest absolute Gasteiger partial charge is 0.474 e. The van der Waals surface area contributed by atoms with E-state index >= 15 is 0 Å². The van der Waals surface area contributed by atoms with E-state index in [1.54, 1.807) is 0 Å². The molecule has 0 aromatic rings. The number of rotatable bonds is 17. The molecule has 5 heteroatoms. The molecule has 0 unspecified atom stereocenters. The molecule has 0 fully saturated rings. The molecule has 0 rings (SSSR count). The van der Waals surface area contributed by atoms with Crippen molar-refractivity contribution in [2.45, 2.75) is 112 Å². The number of phosphoric acid groups is 1. The molecule has 0 N–H and O–H groups in total. The Kier molecular flexibility index (Phi) is 24.2. The molecule has 0 aromatic carbocycles. The minimum Gasteiger partial charge on any atom is -0.287 e. The van der Waals surface area contributed by atoms with Crippen molar-refractivity contribution >= 4 is 7.82 Å². The number of hydrogen-bond donors (Lipinski definition) is 0. The molecule has 0 saturated carbocycles. The number of hydrogen-bond acceptors (Lipinski definition) is 4. The summed E-state index contributed by atoms with van der Waals surface area (Å²) in [6.07, 6.45) is 14.1. The van der Waals surface area contributed by atoms with Crippen LogP contribution in [0.1, 0.15) is 112 Å². The van der Waals surface area contributed by atoms with Crippen LogP contribution in [0.15, 0.2) is 0 Å². The van der Waals surface area contributed by atoms with Crippen molar-refractivity contribution in [3.05, 3.63) is 0 Å². The second-order valence-corrected chi connectivity index (χ2v) is 8.09. The fourth-order valence-corrected chi connectivity index (χ4v) is 3.21. The van der Waals surface area contributed by atoms with Crippen LogP contribution < -0.4 is 0 Å². The molecule has 0 heterocycles. The molecular formula is C20H45O4P. The first-order valence-corrected chi connectivity index (χ1v) is 12.1. The van der Waals surface area contributed by atoms with E-state index in [1.807, 2.05) is 0 Å². The van der Waals surface area contributed by atoms with Gasteiger partial charge in [-0.15, -0.1) is 0 Å². The van der Waals surface area contributed by atoms with Gasteiger partial charge in [0.2, 0.25) is 0 Å². The molecule has 0 radical (unpaired) electrons. The van der Waals surface area contributed by atoms with Gasteiger partial charge in [-0.25, -0.2) is 4.57 Å². The van der Waals surface area contributed by atoms with Crippen molar-refractivity contribution in [1.82, 2.24) is 0 Å². The van der Waals surface area contributed by atoms with Crippen molar-refractivity contribution in [1.29, 1.82) is 0 Å². The Morgan fingerprint density at radius 2 is 0.760 bits per heavy atom. The maximum Gasteiger partial charge on any atom is 0.474 e. The second-order valence-electron chi connectivity index (χ2n) is 6.42. The third-order valence-corrected chi connectivity index (χ3v) is 5.20. The molecular weight excluding hydrogens is 335 g/mol. The predicted octanol–water partition coefficient (Wildman–Crippen LogP) is 7.91. The lowest BCUT2D eigenvalue weighted by Gasteiger charge is -2.17. The van der Waals surface area contributed by atoms with Crippen molar-refractivity contribution in [3.8, 4) is 0 Å². The molecule has 0 saturated heterocycles.